The lowest BCUT2D eigenvalue weighted by Gasteiger charge is -2.37. The van der Waals surface area contributed by atoms with Crippen LogP contribution in [0.2, 0.25) is 0 Å². The first-order valence-electron chi connectivity index (χ1n) is 9.99. The van der Waals surface area contributed by atoms with E-state index in [-0.39, 0.29) is 0 Å². The Labute approximate surface area is 167 Å². The lowest BCUT2D eigenvalue weighted by molar-refractivity contribution is 0.646. The quantitative estimate of drug-likeness (QED) is 0.656. The highest BCUT2D eigenvalue weighted by Crippen LogP contribution is 2.22. The van der Waals surface area contributed by atoms with Crippen molar-refractivity contribution in [2.75, 3.05) is 47.4 Å². The van der Waals surface area contributed by atoms with Crippen LogP contribution in [0.5, 0.6) is 0 Å². The molecule has 0 unspecified atom stereocenters. The van der Waals surface area contributed by atoms with Gasteiger partial charge in [-0.25, -0.2) is 9.97 Å². The number of hydrogen-bond donors (Lipinski definition) is 0. The molecule has 3 aromatic rings. The highest BCUT2D eigenvalue weighted by molar-refractivity contribution is 5.53. The van der Waals surface area contributed by atoms with Crippen molar-refractivity contribution in [1.82, 2.24) is 9.97 Å². The summed E-state index contributed by atoms with van der Waals surface area (Å²) in [6.45, 7) is 7.88. The Morgan fingerprint density at radius 3 is 2.14 bits per heavy atom. The van der Waals surface area contributed by atoms with Gasteiger partial charge in [0.15, 0.2) is 0 Å². The Morgan fingerprint density at radius 2 is 1.46 bits per heavy atom. The summed E-state index contributed by atoms with van der Waals surface area (Å²) in [5, 5.41) is 0. The molecule has 144 valence electrons. The lowest BCUT2D eigenvalue weighted by Crippen LogP contribution is -2.46. The minimum absolute atomic E-state index is 0.857. The van der Waals surface area contributed by atoms with Crippen LogP contribution in [0.4, 0.5) is 17.3 Å². The van der Waals surface area contributed by atoms with E-state index < -0.39 is 0 Å². The summed E-state index contributed by atoms with van der Waals surface area (Å²) in [4.78, 5) is 16.2. The standard InChI is InChI=1S/C23H27N5/c1-2-26(18-20-9-5-3-6-10-20)22-17-23(25-19-24-22)28-15-13-27(14-16-28)21-11-7-4-8-12-21/h3-12,17,19H,2,13-16,18H2,1H3. The summed E-state index contributed by atoms with van der Waals surface area (Å²) in [5.41, 5.74) is 2.59. The zero-order chi connectivity index (χ0) is 19.2. The number of piperazine rings is 1. The predicted octanol–water partition coefficient (Wildman–Crippen LogP) is 3.83. The number of para-hydroxylation sites is 1. The Balaban J connectivity index is 1.43. The first-order valence-corrected chi connectivity index (χ1v) is 9.99. The summed E-state index contributed by atoms with van der Waals surface area (Å²) in [6.07, 6.45) is 1.70. The van der Waals surface area contributed by atoms with Crippen LogP contribution in [0, 0.1) is 0 Å². The van der Waals surface area contributed by atoms with Gasteiger partial charge in [0.25, 0.3) is 0 Å². The molecule has 2 aromatic carbocycles. The molecule has 4 rings (SSSR count). The molecular formula is C23H27N5. The molecule has 0 radical (unpaired) electrons. The van der Waals surface area contributed by atoms with Crippen molar-refractivity contribution in [1.29, 1.82) is 0 Å². The molecule has 1 aromatic heterocycles. The van der Waals surface area contributed by atoms with Crippen molar-refractivity contribution in [2.45, 2.75) is 13.5 Å². The maximum Gasteiger partial charge on any atom is 0.134 e. The third-order valence-corrected chi connectivity index (χ3v) is 5.29. The Bertz CT molecular complexity index is 860. The van der Waals surface area contributed by atoms with E-state index in [0.717, 1.165) is 50.9 Å². The van der Waals surface area contributed by atoms with Gasteiger partial charge in [0.1, 0.15) is 18.0 Å². The number of aromatic nitrogens is 2. The Morgan fingerprint density at radius 1 is 0.821 bits per heavy atom. The van der Waals surface area contributed by atoms with Crippen molar-refractivity contribution >= 4 is 17.3 Å². The van der Waals surface area contributed by atoms with Crippen LogP contribution >= 0.6 is 0 Å². The molecule has 0 amide bonds. The van der Waals surface area contributed by atoms with Crippen LogP contribution in [0.1, 0.15) is 12.5 Å². The SMILES string of the molecule is CCN(Cc1ccccc1)c1cc(N2CCN(c3ccccc3)CC2)ncn1. The molecule has 5 heteroatoms. The van der Waals surface area contributed by atoms with Crippen molar-refractivity contribution in [2.24, 2.45) is 0 Å². The molecule has 0 bridgehead atoms. The summed E-state index contributed by atoms with van der Waals surface area (Å²) < 4.78 is 0. The van der Waals surface area contributed by atoms with Gasteiger partial charge in [-0.15, -0.1) is 0 Å². The molecule has 28 heavy (non-hydrogen) atoms. The molecule has 0 N–H and O–H groups in total. The second-order valence-electron chi connectivity index (χ2n) is 7.04. The maximum absolute atomic E-state index is 4.55. The minimum atomic E-state index is 0.857. The van der Waals surface area contributed by atoms with Gasteiger partial charge in [-0.3, -0.25) is 0 Å². The number of anilines is 3. The fourth-order valence-electron chi connectivity index (χ4n) is 3.67. The van der Waals surface area contributed by atoms with Crippen LogP contribution in [0.15, 0.2) is 73.1 Å². The van der Waals surface area contributed by atoms with Crippen molar-refractivity contribution in [3.05, 3.63) is 78.6 Å². The second kappa shape index (κ2) is 8.74. The summed E-state index contributed by atoms with van der Waals surface area (Å²) >= 11 is 0. The summed E-state index contributed by atoms with van der Waals surface area (Å²) in [6, 6.07) is 23.3. The molecule has 0 spiro atoms. The zero-order valence-electron chi connectivity index (χ0n) is 16.4. The molecule has 5 nitrogen and oxygen atoms in total. The topological polar surface area (TPSA) is 35.5 Å². The maximum atomic E-state index is 4.55. The molecular weight excluding hydrogens is 346 g/mol. The van der Waals surface area contributed by atoms with Crippen LogP contribution in [-0.2, 0) is 6.54 Å². The minimum Gasteiger partial charge on any atom is -0.368 e. The van der Waals surface area contributed by atoms with E-state index in [1.807, 2.05) is 0 Å². The predicted molar refractivity (Wildman–Crippen MR) is 116 cm³/mol. The molecule has 0 atom stereocenters. The fourth-order valence-corrected chi connectivity index (χ4v) is 3.67. The van der Waals surface area contributed by atoms with E-state index in [1.165, 1.54) is 11.3 Å². The Hall–Kier alpha value is -3.08. The first kappa shape index (κ1) is 18.3. The smallest absolute Gasteiger partial charge is 0.134 e. The number of hydrogen-bond acceptors (Lipinski definition) is 5. The van der Waals surface area contributed by atoms with Crippen LogP contribution in [-0.4, -0.2) is 42.7 Å². The third kappa shape index (κ3) is 4.25. The largest absolute Gasteiger partial charge is 0.368 e. The Kier molecular flexibility index (Phi) is 5.71. The van der Waals surface area contributed by atoms with Gasteiger partial charge in [0.2, 0.25) is 0 Å². The van der Waals surface area contributed by atoms with Crippen molar-refractivity contribution in [3.63, 3.8) is 0 Å². The van der Waals surface area contributed by atoms with E-state index in [4.69, 9.17) is 0 Å². The fraction of sp³-hybridized carbons (Fsp3) is 0.304. The first-order chi connectivity index (χ1) is 13.8. The molecule has 0 aliphatic carbocycles. The second-order valence-corrected chi connectivity index (χ2v) is 7.04. The van der Waals surface area contributed by atoms with Crippen LogP contribution in [0.3, 0.4) is 0 Å². The zero-order valence-corrected chi connectivity index (χ0v) is 16.4. The third-order valence-electron chi connectivity index (χ3n) is 5.29. The van der Waals surface area contributed by atoms with Gasteiger partial charge >= 0.3 is 0 Å². The number of benzene rings is 2. The summed E-state index contributed by atoms with van der Waals surface area (Å²) in [5.74, 6) is 2.01. The van der Waals surface area contributed by atoms with Gasteiger partial charge in [-0.05, 0) is 24.6 Å². The van der Waals surface area contributed by atoms with Gasteiger partial charge in [0, 0.05) is 51.0 Å². The average molecular weight is 374 g/mol. The molecule has 0 saturated carbocycles. The monoisotopic (exact) mass is 373 g/mol. The van der Waals surface area contributed by atoms with Crippen molar-refractivity contribution < 1.29 is 0 Å². The number of nitrogens with zero attached hydrogens (tertiary/aromatic N) is 5. The lowest BCUT2D eigenvalue weighted by atomic mass is 10.2. The normalized spacial score (nSPS) is 14.2. The molecule has 1 aliphatic heterocycles. The van der Waals surface area contributed by atoms with Crippen molar-refractivity contribution in [3.8, 4) is 0 Å². The molecule has 2 heterocycles. The highest BCUT2D eigenvalue weighted by Gasteiger charge is 2.19. The van der Waals surface area contributed by atoms with E-state index in [0.29, 0.717) is 0 Å². The molecule has 1 aliphatic rings. The van der Waals surface area contributed by atoms with E-state index in [9.17, 15) is 0 Å². The van der Waals surface area contributed by atoms with Gasteiger partial charge in [-0.2, -0.15) is 0 Å². The molecule has 1 fully saturated rings. The average Bonchev–Trinajstić information content (AvgIpc) is 2.79. The van der Waals surface area contributed by atoms with Gasteiger partial charge < -0.3 is 14.7 Å². The summed E-state index contributed by atoms with van der Waals surface area (Å²) in [7, 11) is 0. The van der Waals surface area contributed by atoms with Gasteiger partial charge in [-0.1, -0.05) is 48.5 Å². The van der Waals surface area contributed by atoms with Crippen LogP contribution < -0.4 is 14.7 Å². The molecule has 1 saturated heterocycles. The van der Waals surface area contributed by atoms with E-state index in [1.54, 1.807) is 6.33 Å². The highest BCUT2D eigenvalue weighted by atomic mass is 15.3. The number of rotatable bonds is 6. The van der Waals surface area contributed by atoms with Crippen LogP contribution in [0.25, 0.3) is 0 Å². The van der Waals surface area contributed by atoms with Gasteiger partial charge in [0.05, 0.1) is 0 Å². The van der Waals surface area contributed by atoms with E-state index in [2.05, 4.69) is 98.3 Å². The van der Waals surface area contributed by atoms with E-state index >= 15 is 0 Å².